The van der Waals surface area contributed by atoms with Gasteiger partial charge in [0.1, 0.15) is 18.2 Å². The van der Waals surface area contributed by atoms with Gasteiger partial charge >= 0.3 is 0 Å². The van der Waals surface area contributed by atoms with Crippen LogP contribution < -0.4 is 10.6 Å². The van der Waals surface area contributed by atoms with Crippen LogP contribution >= 0.6 is 0 Å². The molecule has 3 N–H and O–H groups in total. The summed E-state index contributed by atoms with van der Waals surface area (Å²) in [4.78, 5) is 33.0. The number of carbonyl (C=O) groups is 2. The topological polar surface area (TPSA) is 113 Å². The number of ether oxygens (including phenoxy) is 1. The van der Waals surface area contributed by atoms with Crippen LogP contribution in [-0.2, 0) is 19.9 Å². The number of aliphatic hydroxyl groups is 1. The molecule has 0 spiro atoms. The zero-order valence-electron chi connectivity index (χ0n) is 18.6. The number of fused-ring (bicyclic) bond motifs is 3. The summed E-state index contributed by atoms with van der Waals surface area (Å²) in [5, 5.41) is 18.4. The Morgan fingerprint density at radius 1 is 1.18 bits per heavy atom. The monoisotopic (exact) mass is 458 g/mol. The smallest absolute Gasteiger partial charge is 0.293 e. The SMILES string of the molecule is O=COC(CC(C(=O)Nc1ccncn1)[C@H]1CCCN1)C1(O)c2ccccc2-c2ccccc21. The van der Waals surface area contributed by atoms with E-state index in [0.29, 0.717) is 23.4 Å². The van der Waals surface area contributed by atoms with Crippen LogP contribution in [0.15, 0.2) is 67.1 Å². The fourth-order valence-electron chi connectivity index (χ4n) is 5.31. The second-order valence-electron chi connectivity index (χ2n) is 8.71. The van der Waals surface area contributed by atoms with Gasteiger partial charge in [-0.15, -0.1) is 0 Å². The predicted molar refractivity (Wildman–Crippen MR) is 126 cm³/mol. The fraction of sp³-hybridized carbons (Fsp3) is 0.308. The van der Waals surface area contributed by atoms with Gasteiger partial charge in [0.25, 0.3) is 6.47 Å². The first-order valence-corrected chi connectivity index (χ1v) is 11.4. The van der Waals surface area contributed by atoms with E-state index in [1.807, 2.05) is 48.5 Å². The molecule has 1 aliphatic heterocycles. The van der Waals surface area contributed by atoms with Gasteiger partial charge < -0.3 is 20.5 Å². The van der Waals surface area contributed by atoms with Crippen LogP contribution in [0.25, 0.3) is 11.1 Å². The summed E-state index contributed by atoms with van der Waals surface area (Å²) in [5.41, 5.74) is 1.53. The maximum absolute atomic E-state index is 13.4. The molecule has 3 aromatic rings. The van der Waals surface area contributed by atoms with E-state index in [-0.39, 0.29) is 18.4 Å². The first kappa shape index (κ1) is 22.2. The van der Waals surface area contributed by atoms with Crippen molar-refractivity contribution in [3.63, 3.8) is 0 Å². The molecule has 2 unspecified atom stereocenters. The third-order valence-corrected chi connectivity index (χ3v) is 6.87. The van der Waals surface area contributed by atoms with Gasteiger partial charge in [0.05, 0.1) is 5.92 Å². The van der Waals surface area contributed by atoms with Crippen LogP contribution in [0.1, 0.15) is 30.4 Å². The van der Waals surface area contributed by atoms with Gasteiger partial charge in [-0.3, -0.25) is 9.59 Å². The molecule has 3 atom stereocenters. The maximum Gasteiger partial charge on any atom is 0.293 e. The molecule has 34 heavy (non-hydrogen) atoms. The van der Waals surface area contributed by atoms with E-state index < -0.39 is 17.6 Å². The fourth-order valence-corrected chi connectivity index (χ4v) is 5.31. The molecule has 2 heterocycles. The van der Waals surface area contributed by atoms with Gasteiger partial charge in [0.2, 0.25) is 5.91 Å². The number of nitrogens with one attached hydrogen (secondary N) is 2. The summed E-state index contributed by atoms with van der Waals surface area (Å²) in [6.07, 6.45) is 3.83. The molecule has 0 saturated carbocycles. The van der Waals surface area contributed by atoms with Crippen molar-refractivity contribution < 1.29 is 19.4 Å². The van der Waals surface area contributed by atoms with Crippen LogP contribution in [0.3, 0.4) is 0 Å². The molecule has 1 aromatic heterocycles. The number of anilines is 1. The molecular formula is C26H26N4O4. The lowest BCUT2D eigenvalue weighted by Crippen LogP contribution is -2.47. The lowest BCUT2D eigenvalue weighted by Gasteiger charge is -2.36. The van der Waals surface area contributed by atoms with Crippen molar-refractivity contribution >= 4 is 18.2 Å². The van der Waals surface area contributed by atoms with E-state index in [9.17, 15) is 14.7 Å². The van der Waals surface area contributed by atoms with E-state index in [2.05, 4.69) is 20.6 Å². The van der Waals surface area contributed by atoms with E-state index in [4.69, 9.17) is 4.74 Å². The van der Waals surface area contributed by atoms with Gasteiger partial charge in [0.15, 0.2) is 5.60 Å². The van der Waals surface area contributed by atoms with Crippen LogP contribution in [-0.4, -0.2) is 46.1 Å². The summed E-state index contributed by atoms with van der Waals surface area (Å²) < 4.78 is 5.57. The summed E-state index contributed by atoms with van der Waals surface area (Å²) in [7, 11) is 0. The molecule has 8 nitrogen and oxygen atoms in total. The minimum atomic E-state index is -1.58. The van der Waals surface area contributed by atoms with Crippen molar-refractivity contribution in [1.29, 1.82) is 0 Å². The standard InChI is InChI=1S/C26H26N4O4/c31-16-34-23(26(33)20-8-3-1-6-17(20)18-7-2-4-9-21(18)26)14-19(22-10-5-12-28-22)25(32)30-24-11-13-27-15-29-24/h1-4,6-9,11,13,15-16,19,22-23,28,33H,5,10,12,14H2,(H,27,29,30,32)/t19?,22-,23?/m1/s1. The lowest BCUT2D eigenvalue weighted by atomic mass is 9.79. The Balaban J connectivity index is 1.52. The highest BCUT2D eigenvalue weighted by atomic mass is 16.5. The van der Waals surface area contributed by atoms with Crippen molar-refractivity contribution in [3.8, 4) is 11.1 Å². The van der Waals surface area contributed by atoms with E-state index in [1.165, 1.54) is 6.33 Å². The van der Waals surface area contributed by atoms with Crippen molar-refractivity contribution in [2.24, 2.45) is 5.92 Å². The first-order chi connectivity index (χ1) is 16.6. The minimum Gasteiger partial charge on any atom is -0.461 e. The van der Waals surface area contributed by atoms with Crippen LogP contribution in [0, 0.1) is 5.92 Å². The predicted octanol–water partition coefficient (Wildman–Crippen LogP) is 2.63. The summed E-state index contributed by atoms with van der Waals surface area (Å²) in [6, 6.07) is 16.6. The molecule has 174 valence electrons. The number of carbonyl (C=O) groups excluding carboxylic acids is 2. The molecular weight excluding hydrogens is 432 g/mol. The van der Waals surface area contributed by atoms with Gasteiger partial charge in [-0.05, 0) is 47.7 Å². The van der Waals surface area contributed by atoms with Gasteiger partial charge in [-0.25, -0.2) is 9.97 Å². The zero-order valence-corrected chi connectivity index (χ0v) is 18.6. The number of aromatic nitrogens is 2. The summed E-state index contributed by atoms with van der Waals surface area (Å²) in [6.45, 7) is 1.16. The minimum absolute atomic E-state index is 0.116. The second kappa shape index (κ2) is 9.32. The average molecular weight is 459 g/mol. The van der Waals surface area contributed by atoms with Gasteiger partial charge in [-0.2, -0.15) is 0 Å². The van der Waals surface area contributed by atoms with Crippen molar-refractivity contribution in [2.75, 3.05) is 11.9 Å². The number of rotatable bonds is 8. The Labute approximate surface area is 197 Å². The highest BCUT2D eigenvalue weighted by Gasteiger charge is 2.50. The molecule has 8 heteroatoms. The van der Waals surface area contributed by atoms with Gasteiger partial charge in [0, 0.05) is 18.7 Å². The van der Waals surface area contributed by atoms with Crippen molar-refractivity contribution in [1.82, 2.24) is 15.3 Å². The zero-order chi connectivity index (χ0) is 23.5. The normalized spacial score (nSPS) is 19.5. The van der Waals surface area contributed by atoms with Crippen LogP contribution in [0.5, 0.6) is 0 Å². The summed E-state index contributed by atoms with van der Waals surface area (Å²) >= 11 is 0. The van der Waals surface area contributed by atoms with Crippen LogP contribution in [0.2, 0.25) is 0 Å². The Morgan fingerprint density at radius 2 is 1.88 bits per heavy atom. The molecule has 2 aliphatic rings. The Kier molecular flexibility index (Phi) is 6.08. The molecule has 0 radical (unpaired) electrons. The lowest BCUT2D eigenvalue weighted by molar-refractivity contribution is -0.150. The largest absolute Gasteiger partial charge is 0.461 e. The number of hydrogen-bond donors (Lipinski definition) is 3. The third-order valence-electron chi connectivity index (χ3n) is 6.87. The third kappa shape index (κ3) is 3.85. The maximum atomic E-state index is 13.4. The Morgan fingerprint density at radius 3 is 2.47 bits per heavy atom. The molecule has 0 bridgehead atoms. The Hall–Kier alpha value is -3.62. The average Bonchev–Trinajstić information content (AvgIpc) is 3.49. The Bertz CT molecular complexity index is 1130. The number of nitrogens with zero attached hydrogens (tertiary/aromatic N) is 2. The molecule has 5 rings (SSSR count). The first-order valence-electron chi connectivity index (χ1n) is 11.4. The van der Waals surface area contributed by atoms with Crippen LogP contribution in [0.4, 0.5) is 5.82 Å². The van der Waals surface area contributed by atoms with E-state index >= 15 is 0 Å². The van der Waals surface area contributed by atoms with E-state index in [1.54, 1.807) is 12.3 Å². The van der Waals surface area contributed by atoms with Crippen molar-refractivity contribution in [2.45, 2.75) is 37.0 Å². The quantitative estimate of drug-likeness (QED) is 0.445. The number of benzene rings is 2. The van der Waals surface area contributed by atoms with E-state index in [0.717, 1.165) is 30.5 Å². The van der Waals surface area contributed by atoms with Crippen molar-refractivity contribution in [3.05, 3.63) is 78.2 Å². The summed E-state index contributed by atoms with van der Waals surface area (Å²) in [5.74, 6) is -0.418. The highest BCUT2D eigenvalue weighted by molar-refractivity contribution is 5.92. The number of hydrogen-bond acceptors (Lipinski definition) is 7. The molecule has 1 aliphatic carbocycles. The highest BCUT2D eigenvalue weighted by Crippen LogP contribution is 2.51. The molecule has 1 amide bonds. The second-order valence-corrected chi connectivity index (χ2v) is 8.71. The molecule has 1 fully saturated rings. The molecule has 1 saturated heterocycles. The molecule has 2 aromatic carbocycles. The van der Waals surface area contributed by atoms with Gasteiger partial charge in [-0.1, -0.05) is 48.5 Å². The number of amides is 1.